The summed E-state index contributed by atoms with van der Waals surface area (Å²) in [5, 5.41) is 6.40. The van der Waals surface area contributed by atoms with Crippen molar-refractivity contribution in [1.82, 2.24) is 10.2 Å². The van der Waals surface area contributed by atoms with Crippen LogP contribution in [-0.2, 0) is 0 Å². The summed E-state index contributed by atoms with van der Waals surface area (Å²) in [4.78, 5) is 14.6. The van der Waals surface area contributed by atoms with Gasteiger partial charge in [0.25, 0.3) is 5.91 Å². The van der Waals surface area contributed by atoms with E-state index in [-0.39, 0.29) is 11.9 Å². The first-order valence-corrected chi connectivity index (χ1v) is 8.06. The SMILES string of the molecule is CCCNc1ccc(C(=O)NC(C)CN2CCCC2)cc1. The van der Waals surface area contributed by atoms with E-state index in [1.54, 1.807) is 0 Å². The zero-order valence-corrected chi connectivity index (χ0v) is 13.2. The molecule has 1 atom stereocenters. The molecule has 0 aromatic heterocycles. The van der Waals surface area contributed by atoms with Crippen molar-refractivity contribution in [3.8, 4) is 0 Å². The molecule has 21 heavy (non-hydrogen) atoms. The van der Waals surface area contributed by atoms with Gasteiger partial charge < -0.3 is 15.5 Å². The number of hydrogen-bond acceptors (Lipinski definition) is 3. The maximum absolute atomic E-state index is 12.2. The van der Waals surface area contributed by atoms with Crippen LogP contribution in [0, 0.1) is 0 Å². The Labute approximate surface area is 127 Å². The van der Waals surface area contributed by atoms with Crippen molar-refractivity contribution in [2.24, 2.45) is 0 Å². The molecule has 0 radical (unpaired) electrons. The van der Waals surface area contributed by atoms with Gasteiger partial charge in [0, 0.05) is 30.4 Å². The molecular weight excluding hydrogens is 262 g/mol. The quantitative estimate of drug-likeness (QED) is 0.811. The van der Waals surface area contributed by atoms with Crippen molar-refractivity contribution in [3.63, 3.8) is 0 Å². The van der Waals surface area contributed by atoms with Crippen LogP contribution in [0.4, 0.5) is 5.69 Å². The lowest BCUT2D eigenvalue weighted by Gasteiger charge is -2.21. The van der Waals surface area contributed by atoms with E-state index in [9.17, 15) is 4.79 Å². The molecule has 1 saturated heterocycles. The summed E-state index contributed by atoms with van der Waals surface area (Å²) in [6.45, 7) is 8.44. The van der Waals surface area contributed by atoms with Gasteiger partial charge in [0.1, 0.15) is 0 Å². The van der Waals surface area contributed by atoms with Crippen LogP contribution in [0.2, 0.25) is 0 Å². The van der Waals surface area contributed by atoms with Crippen LogP contribution in [0.3, 0.4) is 0 Å². The second kappa shape index (κ2) is 8.03. The lowest BCUT2D eigenvalue weighted by atomic mass is 10.1. The number of carbonyl (C=O) groups is 1. The number of amides is 1. The van der Waals surface area contributed by atoms with Crippen molar-refractivity contribution in [2.75, 3.05) is 31.5 Å². The summed E-state index contributed by atoms with van der Waals surface area (Å²) >= 11 is 0. The molecule has 1 aliphatic heterocycles. The topological polar surface area (TPSA) is 44.4 Å². The highest BCUT2D eigenvalue weighted by Gasteiger charge is 2.16. The molecule has 1 heterocycles. The van der Waals surface area contributed by atoms with E-state index in [2.05, 4.69) is 29.4 Å². The van der Waals surface area contributed by atoms with Crippen LogP contribution in [0.15, 0.2) is 24.3 Å². The summed E-state index contributed by atoms with van der Waals surface area (Å²) < 4.78 is 0. The summed E-state index contributed by atoms with van der Waals surface area (Å²) in [7, 11) is 0. The van der Waals surface area contributed by atoms with Gasteiger partial charge >= 0.3 is 0 Å². The first-order valence-electron chi connectivity index (χ1n) is 8.06. The fourth-order valence-corrected chi connectivity index (χ4v) is 2.71. The first-order chi connectivity index (χ1) is 10.2. The number of carbonyl (C=O) groups excluding carboxylic acids is 1. The predicted octanol–water partition coefficient (Wildman–Crippen LogP) is 2.72. The van der Waals surface area contributed by atoms with Gasteiger partial charge in [-0.2, -0.15) is 0 Å². The Morgan fingerprint density at radius 2 is 1.90 bits per heavy atom. The summed E-state index contributed by atoms with van der Waals surface area (Å²) in [5.74, 6) is 0.0174. The van der Waals surface area contributed by atoms with Crippen molar-refractivity contribution in [2.45, 2.75) is 39.2 Å². The Hall–Kier alpha value is -1.55. The smallest absolute Gasteiger partial charge is 0.251 e. The van der Waals surface area contributed by atoms with E-state index in [0.717, 1.165) is 43.9 Å². The number of nitrogens with one attached hydrogen (secondary N) is 2. The predicted molar refractivity (Wildman–Crippen MR) is 87.8 cm³/mol. The summed E-state index contributed by atoms with van der Waals surface area (Å²) in [6.07, 6.45) is 3.66. The Balaban J connectivity index is 1.81. The number of nitrogens with zero attached hydrogens (tertiary/aromatic N) is 1. The third kappa shape index (κ3) is 5.05. The molecule has 116 valence electrons. The minimum atomic E-state index is 0.0174. The largest absolute Gasteiger partial charge is 0.385 e. The van der Waals surface area contributed by atoms with Gasteiger partial charge in [-0.1, -0.05) is 6.92 Å². The van der Waals surface area contributed by atoms with Crippen molar-refractivity contribution >= 4 is 11.6 Å². The Morgan fingerprint density at radius 3 is 2.52 bits per heavy atom. The molecule has 1 aromatic rings. The number of hydrogen-bond donors (Lipinski definition) is 2. The van der Waals surface area contributed by atoms with E-state index in [0.29, 0.717) is 0 Å². The lowest BCUT2D eigenvalue weighted by Crippen LogP contribution is -2.41. The number of anilines is 1. The van der Waals surface area contributed by atoms with Crippen molar-refractivity contribution in [3.05, 3.63) is 29.8 Å². The second-order valence-electron chi connectivity index (χ2n) is 5.89. The van der Waals surface area contributed by atoms with E-state index in [1.165, 1.54) is 12.8 Å². The monoisotopic (exact) mass is 289 g/mol. The molecule has 2 rings (SSSR count). The van der Waals surface area contributed by atoms with E-state index in [1.807, 2.05) is 24.3 Å². The van der Waals surface area contributed by atoms with Crippen molar-refractivity contribution in [1.29, 1.82) is 0 Å². The van der Waals surface area contributed by atoms with Gasteiger partial charge in [-0.15, -0.1) is 0 Å². The molecule has 0 bridgehead atoms. The van der Waals surface area contributed by atoms with Gasteiger partial charge in [-0.25, -0.2) is 0 Å². The van der Waals surface area contributed by atoms with Crippen LogP contribution in [0.5, 0.6) is 0 Å². The standard InChI is InChI=1S/C17H27N3O/c1-3-10-18-16-8-6-15(7-9-16)17(21)19-14(2)13-20-11-4-5-12-20/h6-9,14,18H,3-5,10-13H2,1-2H3,(H,19,21). The maximum atomic E-state index is 12.2. The summed E-state index contributed by atoms with van der Waals surface area (Å²) in [6, 6.07) is 7.89. The highest BCUT2D eigenvalue weighted by atomic mass is 16.1. The van der Waals surface area contributed by atoms with Gasteiger partial charge in [0.15, 0.2) is 0 Å². The van der Waals surface area contributed by atoms with Crippen LogP contribution < -0.4 is 10.6 Å². The third-order valence-corrected chi connectivity index (χ3v) is 3.83. The lowest BCUT2D eigenvalue weighted by molar-refractivity contribution is 0.0932. The number of benzene rings is 1. The number of rotatable bonds is 7. The Bertz CT molecular complexity index is 438. The highest BCUT2D eigenvalue weighted by molar-refractivity contribution is 5.94. The molecule has 1 amide bonds. The molecule has 1 aromatic carbocycles. The minimum absolute atomic E-state index is 0.0174. The second-order valence-corrected chi connectivity index (χ2v) is 5.89. The normalized spacial score (nSPS) is 16.7. The third-order valence-electron chi connectivity index (χ3n) is 3.83. The van der Waals surface area contributed by atoms with Crippen LogP contribution >= 0.6 is 0 Å². The van der Waals surface area contributed by atoms with Gasteiger partial charge in [-0.3, -0.25) is 4.79 Å². The van der Waals surface area contributed by atoms with Crippen LogP contribution in [-0.4, -0.2) is 43.0 Å². The average Bonchev–Trinajstić information content (AvgIpc) is 2.98. The van der Waals surface area contributed by atoms with Gasteiger partial charge in [-0.05, 0) is 63.5 Å². The molecular formula is C17H27N3O. The molecule has 2 N–H and O–H groups in total. The molecule has 1 fully saturated rings. The van der Waals surface area contributed by atoms with Crippen molar-refractivity contribution < 1.29 is 4.79 Å². The zero-order chi connectivity index (χ0) is 15.1. The molecule has 4 heteroatoms. The highest BCUT2D eigenvalue weighted by Crippen LogP contribution is 2.11. The summed E-state index contributed by atoms with van der Waals surface area (Å²) in [5.41, 5.74) is 1.80. The van der Waals surface area contributed by atoms with Crippen LogP contribution in [0.1, 0.15) is 43.5 Å². The molecule has 0 aliphatic carbocycles. The molecule has 1 aliphatic rings. The molecule has 0 saturated carbocycles. The zero-order valence-electron chi connectivity index (χ0n) is 13.2. The van der Waals surface area contributed by atoms with E-state index in [4.69, 9.17) is 0 Å². The minimum Gasteiger partial charge on any atom is -0.385 e. The fraction of sp³-hybridized carbons (Fsp3) is 0.588. The maximum Gasteiger partial charge on any atom is 0.251 e. The molecule has 1 unspecified atom stereocenters. The van der Waals surface area contributed by atoms with Gasteiger partial charge in [0.2, 0.25) is 0 Å². The molecule has 4 nitrogen and oxygen atoms in total. The van der Waals surface area contributed by atoms with E-state index < -0.39 is 0 Å². The Kier molecular flexibility index (Phi) is 6.05. The van der Waals surface area contributed by atoms with Crippen LogP contribution in [0.25, 0.3) is 0 Å². The van der Waals surface area contributed by atoms with E-state index >= 15 is 0 Å². The Morgan fingerprint density at radius 1 is 1.24 bits per heavy atom. The number of likely N-dealkylation sites (tertiary alicyclic amines) is 1. The fourth-order valence-electron chi connectivity index (χ4n) is 2.71. The first kappa shape index (κ1) is 15.8. The van der Waals surface area contributed by atoms with Gasteiger partial charge in [0.05, 0.1) is 0 Å². The average molecular weight is 289 g/mol. The molecule has 0 spiro atoms.